The lowest BCUT2D eigenvalue weighted by molar-refractivity contribution is 0.318. The summed E-state index contributed by atoms with van der Waals surface area (Å²) in [5, 5.41) is 4.84. The number of benzene rings is 1. The lowest BCUT2D eigenvalue weighted by Crippen LogP contribution is -2.41. The van der Waals surface area contributed by atoms with Crippen LogP contribution in [-0.4, -0.2) is 35.6 Å². The minimum Gasteiger partial charge on any atom is -0.356 e. The van der Waals surface area contributed by atoms with Crippen LogP contribution in [0.4, 0.5) is 5.82 Å². The SMILES string of the molecule is c1ccc2c(N3CCC(C4CCCN4)CC3)ncnc2c1. The summed E-state index contributed by atoms with van der Waals surface area (Å²) in [6.07, 6.45) is 6.96. The van der Waals surface area contributed by atoms with E-state index < -0.39 is 0 Å². The van der Waals surface area contributed by atoms with Crippen molar-refractivity contribution < 1.29 is 0 Å². The number of para-hydroxylation sites is 1. The standard InChI is InChI=1S/C17H22N4/c1-2-5-16-14(4-1)17(20-12-19-16)21-10-7-13(8-11-21)15-6-3-9-18-15/h1-2,4-5,12-13,15,18H,3,6-11H2. The first-order valence-electron chi connectivity index (χ1n) is 8.10. The first-order valence-corrected chi connectivity index (χ1v) is 8.10. The Hall–Kier alpha value is -1.68. The highest BCUT2D eigenvalue weighted by Gasteiger charge is 2.29. The van der Waals surface area contributed by atoms with Gasteiger partial charge in [-0.25, -0.2) is 9.97 Å². The molecule has 4 heteroatoms. The van der Waals surface area contributed by atoms with Crippen LogP contribution in [0.15, 0.2) is 30.6 Å². The van der Waals surface area contributed by atoms with E-state index in [0.717, 1.165) is 36.4 Å². The molecular weight excluding hydrogens is 260 g/mol. The van der Waals surface area contributed by atoms with E-state index in [1.165, 1.54) is 37.6 Å². The molecule has 0 aliphatic carbocycles. The molecule has 1 atom stereocenters. The van der Waals surface area contributed by atoms with Gasteiger partial charge in [-0.2, -0.15) is 0 Å². The van der Waals surface area contributed by atoms with Crippen molar-refractivity contribution in [3.8, 4) is 0 Å². The number of nitrogens with zero attached hydrogens (tertiary/aromatic N) is 3. The Bertz CT molecular complexity index is 608. The minimum absolute atomic E-state index is 0.759. The predicted molar refractivity (Wildman–Crippen MR) is 85.5 cm³/mol. The zero-order chi connectivity index (χ0) is 14.1. The van der Waals surface area contributed by atoms with Gasteiger partial charge in [-0.15, -0.1) is 0 Å². The second-order valence-electron chi connectivity index (χ2n) is 6.24. The molecule has 2 saturated heterocycles. The zero-order valence-corrected chi connectivity index (χ0v) is 12.3. The molecular formula is C17H22N4. The highest BCUT2D eigenvalue weighted by Crippen LogP contribution is 2.30. The molecule has 110 valence electrons. The molecule has 1 aromatic heterocycles. The fourth-order valence-electron chi connectivity index (χ4n) is 3.87. The molecule has 0 amide bonds. The quantitative estimate of drug-likeness (QED) is 0.919. The molecule has 2 aliphatic heterocycles. The van der Waals surface area contributed by atoms with Crippen molar-refractivity contribution in [2.75, 3.05) is 24.5 Å². The first-order chi connectivity index (χ1) is 10.4. The molecule has 4 rings (SSSR count). The van der Waals surface area contributed by atoms with Crippen LogP contribution < -0.4 is 10.2 Å². The number of hydrogen-bond donors (Lipinski definition) is 1. The van der Waals surface area contributed by atoms with Crippen LogP contribution in [0.3, 0.4) is 0 Å². The molecule has 2 aromatic rings. The number of nitrogens with one attached hydrogen (secondary N) is 1. The average molecular weight is 282 g/mol. The summed E-state index contributed by atoms with van der Waals surface area (Å²) in [5.74, 6) is 1.95. The van der Waals surface area contributed by atoms with Gasteiger partial charge in [0.15, 0.2) is 0 Å². The lowest BCUT2D eigenvalue weighted by Gasteiger charge is -2.35. The normalized spacial score (nSPS) is 23.8. The average Bonchev–Trinajstić information content (AvgIpc) is 3.09. The van der Waals surface area contributed by atoms with Gasteiger partial charge >= 0.3 is 0 Å². The van der Waals surface area contributed by atoms with Crippen molar-refractivity contribution in [1.82, 2.24) is 15.3 Å². The summed E-state index contributed by atoms with van der Waals surface area (Å²) in [6.45, 7) is 3.44. The number of piperidine rings is 1. The van der Waals surface area contributed by atoms with Crippen molar-refractivity contribution in [2.45, 2.75) is 31.7 Å². The van der Waals surface area contributed by atoms with Gasteiger partial charge in [-0.3, -0.25) is 0 Å². The Morgan fingerprint density at radius 2 is 1.90 bits per heavy atom. The summed E-state index contributed by atoms with van der Waals surface area (Å²) < 4.78 is 0. The molecule has 3 heterocycles. The molecule has 21 heavy (non-hydrogen) atoms. The summed E-state index contributed by atoms with van der Waals surface area (Å²) in [6, 6.07) is 9.07. The van der Waals surface area contributed by atoms with Crippen LogP contribution in [0.1, 0.15) is 25.7 Å². The summed E-state index contributed by atoms with van der Waals surface area (Å²) in [7, 11) is 0. The molecule has 0 radical (unpaired) electrons. The van der Waals surface area contributed by atoms with Crippen molar-refractivity contribution in [3.63, 3.8) is 0 Å². The predicted octanol–water partition coefficient (Wildman–Crippen LogP) is 2.60. The van der Waals surface area contributed by atoms with Crippen LogP contribution in [0.2, 0.25) is 0 Å². The topological polar surface area (TPSA) is 41.0 Å². The van der Waals surface area contributed by atoms with Gasteiger partial charge in [0.2, 0.25) is 0 Å². The van der Waals surface area contributed by atoms with E-state index in [9.17, 15) is 0 Å². The van der Waals surface area contributed by atoms with Gasteiger partial charge in [0, 0.05) is 24.5 Å². The second kappa shape index (κ2) is 5.60. The monoisotopic (exact) mass is 282 g/mol. The molecule has 0 saturated carbocycles. The van der Waals surface area contributed by atoms with E-state index in [0.29, 0.717) is 0 Å². The largest absolute Gasteiger partial charge is 0.356 e. The smallest absolute Gasteiger partial charge is 0.139 e. The number of rotatable bonds is 2. The third-order valence-electron chi connectivity index (χ3n) is 5.03. The van der Waals surface area contributed by atoms with Crippen LogP contribution in [-0.2, 0) is 0 Å². The molecule has 1 N–H and O–H groups in total. The molecule has 1 unspecified atom stereocenters. The molecule has 1 aromatic carbocycles. The summed E-state index contributed by atoms with van der Waals surface area (Å²) in [5.41, 5.74) is 1.04. The van der Waals surface area contributed by atoms with Gasteiger partial charge < -0.3 is 10.2 Å². The minimum atomic E-state index is 0.759. The fraction of sp³-hybridized carbons (Fsp3) is 0.529. The Balaban J connectivity index is 1.52. The van der Waals surface area contributed by atoms with Crippen molar-refractivity contribution in [3.05, 3.63) is 30.6 Å². The maximum Gasteiger partial charge on any atom is 0.139 e. The Kier molecular flexibility index (Phi) is 3.47. The lowest BCUT2D eigenvalue weighted by atomic mass is 9.88. The van der Waals surface area contributed by atoms with Crippen molar-refractivity contribution >= 4 is 16.7 Å². The van der Waals surface area contributed by atoms with Crippen molar-refractivity contribution in [2.24, 2.45) is 5.92 Å². The van der Waals surface area contributed by atoms with E-state index in [-0.39, 0.29) is 0 Å². The number of anilines is 1. The second-order valence-corrected chi connectivity index (χ2v) is 6.24. The molecule has 2 aliphatic rings. The maximum absolute atomic E-state index is 4.55. The molecule has 4 nitrogen and oxygen atoms in total. The maximum atomic E-state index is 4.55. The van der Waals surface area contributed by atoms with Crippen LogP contribution in [0, 0.1) is 5.92 Å². The Morgan fingerprint density at radius 3 is 2.71 bits per heavy atom. The van der Waals surface area contributed by atoms with E-state index >= 15 is 0 Å². The third kappa shape index (κ3) is 2.48. The highest BCUT2D eigenvalue weighted by molar-refractivity contribution is 5.89. The number of fused-ring (bicyclic) bond motifs is 1. The Morgan fingerprint density at radius 1 is 1.05 bits per heavy atom. The Labute approximate surface area is 125 Å². The zero-order valence-electron chi connectivity index (χ0n) is 12.3. The van der Waals surface area contributed by atoms with Gasteiger partial charge in [-0.05, 0) is 50.3 Å². The van der Waals surface area contributed by atoms with Crippen LogP contribution in [0.25, 0.3) is 10.9 Å². The van der Waals surface area contributed by atoms with Gasteiger partial charge in [-0.1, -0.05) is 12.1 Å². The first kappa shape index (κ1) is 13.0. The third-order valence-corrected chi connectivity index (χ3v) is 5.03. The van der Waals surface area contributed by atoms with E-state index in [1.54, 1.807) is 6.33 Å². The van der Waals surface area contributed by atoms with Crippen molar-refractivity contribution in [1.29, 1.82) is 0 Å². The van der Waals surface area contributed by atoms with E-state index in [1.807, 2.05) is 6.07 Å². The fourth-order valence-corrected chi connectivity index (χ4v) is 3.87. The van der Waals surface area contributed by atoms with Gasteiger partial charge in [0.05, 0.1) is 5.52 Å². The number of aromatic nitrogens is 2. The molecule has 2 fully saturated rings. The molecule has 0 spiro atoms. The van der Waals surface area contributed by atoms with E-state index in [4.69, 9.17) is 0 Å². The summed E-state index contributed by atoms with van der Waals surface area (Å²) >= 11 is 0. The summed E-state index contributed by atoms with van der Waals surface area (Å²) in [4.78, 5) is 11.4. The van der Waals surface area contributed by atoms with Crippen LogP contribution >= 0.6 is 0 Å². The van der Waals surface area contributed by atoms with Gasteiger partial charge in [0.1, 0.15) is 12.1 Å². The van der Waals surface area contributed by atoms with E-state index in [2.05, 4.69) is 38.4 Å². The van der Waals surface area contributed by atoms with Crippen LogP contribution in [0.5, 0.6) is 0 Å². The molecule has 0 bridgehead atoms. The highest BCUT2D eigenvalue weighted by atomic mass is 15.2. The number of hydrogen-bond acceptors (Lipinski definition) is 4. The van der Waals surface area contributed by atoms with Gasteiger partial charge in [0.25, 0.3) is 0 Å².